The van der Waals surface area contributed by atoms with Crippen LogP contribution in [0.3, 0.4) is 0 Å². The molecule has 2 unspecified atom stereocenters. The first-order valence-electron chi connectivity index (χ1n) is 10.2. The first-order chi connectivity index (χ1) is 14.1. The van der Waals surface area contributed by atoms with Gasteiger partial charge in [0.05, 0.1) is 17.2 Å². The van der Waals surface area contributed by atoms with E-state index in [1.807, 2.05) is 30.3 Å². The van der Waals surface area contributed by atoms with Crippen molar-refractivity contribution in [1.82, 2.24) is 5.06 Å². The van der Waals surface area contributed by atoms with E-state index in [0.29, 0.717) is 23.9 Å². The molecule has 1 spiro atoms. The van der Waals surface area contributed by atoms with Crippen molar-refractivity contribution in [3.8, 4) is 22.9 Å². The number of rotatable bonds is 2. The number of hydroxylamine groups is 2. The minimum absolute atomic E-state index is 0.0702. The molecule has 0 amide bonds. The molecule has 1 saturated carbocycles. The summed E-state index contributed by atoms with van der Waals surface area (Å²) in [4.78, 5) is 11.0. The molecule has 3 aliphatic rings. The largest absolute Gasteiger partial charge is 0.489 e. The highest BCUT2D eigenvalue weighted by molar-refractivity contribution is 5.79. The van der Waals surface area contributed by atoms with Crippen molar-refractivity contribution in [2.45, 2.75) is 43.9 Å². The number of aliphatic imine (C=N–C) groups is 1. The van der Waals surface area contributed by atoms with Gasteiger partial charge in [0.15, 0.2) is 0 Å². The number of hydrogen-bond donors (Lipinski definition) is 1. The highest BCUT2D eigenvalue weighted by atomic mass is 16.7. The zero-order valence-corrected chi connectivity index (χ0v) is 16.5. The summed E-state index contributed by atoms with van der Waals surface area (Å²) in [5, 5.41) is 10.8. The predicted octanol–water partition coefficient (Wildman–Crippen LogP) is 3.91. The summed E-state index contributed by atoms with van der Waals surface area (Å²) in [6, 6.07) is 15.9. The lowest BCUT2D eigenvalue weighted by Gasteiger charge is -2.39. The molecule has 0 saturated heterocycles. The van der Waals surface area contributed by atoms with Gasteiger partial charge in [0.2, 0.25) is 11.7 Å². The maximum Gasteiger partial charge on any atom is 0.221 e. The van der Waals surface area contributed by atoms with E-state index in [4.69, 9.17) is 20.3 Å². The number of nitrogens with zero attached hydrogens (tertiary/aromatic N) is 3. The Morgan fingerprint density at radius 2 is 1.97 bits per heavy atom. The topological polar surface area (TPSA) is 83.9 Å². The maximum absolute atomic E-state index is 9.23. The van der Waals surface area contributed by atoms with E-state index < -0.39 is 5.72 Å². The van der Waals surface area contributed by atoms with E-state index in [2.05, 4.69) is 12.1 Å². The van der Waals surface area contributed by atoms with Gasteiger partial charge in [-0.3, -0.25) is 0 Å². The zero-order chi connectivity index (χ0) is 20.0. The van der Waals surface area contributed by atoms with Crippen LogP contribution in [0.4, 0.5) is 0 Å². The fourth-order valence-corrected chi connectivity index (χ4v) is 4.81. The fraction of sp³-hybridized carbons (Fsp3) is 0.391. The van der Waals surface area contributed by atoms with Crippen molar-refractivity contribution >= 4 is 5.96 Å². The third kappa shape index (κ3) is 3.02. The third-order valence-corrected chi connectivity index (χ3v) is 6.31. The Labute approximate surface area is 170 Å². The van der Waals surface area contributed by atoms with Crippen LogP contribution < -0.4 is 10.5 Å². The van der Waals surface area contributed by atoms with E-state index >= 15 is 0 Å². The predicted molar refractivity (Wildman–Crippen MR) is 110 cm³/mol. The van der Waals surface area contributed by atoms with Crippen LogP contribution in [0.2, 0.25) is 0 Å². The standard InChI is InChI=1S/C23H24N4O2/c1-27-22(25)26-23(29-27)13-21(16-6-2-3-7-16)28-20-10-9-18(12-19(20)23)17-8-4-5-15(11-17)14-24/h4-5,8-12,16,21H,2-3,6-7,13H2,1H3,(H2,25,26). The smallest absolute Gasteiger partial charge is 0.221 e. The number of nitriles is 1. The molecule has 2 N–H and O–H groups in total. The second-order valence-corrected chi connectivity index (χ2v) is 8.15. The molecule has 1 aliphatic carbocycles. The average Bonchev–Trinajstić information content (AvgIpc) is 3.37. The Bertz CT molecular complexity index is 1020. The lowest BCUT2D eigenvalue weighted by Crippen LogP contribution is -2.42. The summed E-state index contributed by atoms with van der Waals surface area (Å²) in [5.41, 5.74) is 8.73. The van der Waals surface area contributed by atoms with Gasteiger partial charge < -0.3 is 10.5 Å². The van der Waals surface area contributed by atoms with Crippen LogP contribution in [0.25, 0.3) is 11.1 Å². The van der Waals surface area contributed by atoms with Crippen molar-refractivity contribution in [2.24, 2.45) is 16.6 Å². The first-order valence-corrected chi connectivity index (χ1v) is 10.2. The van der Waals surface area contributed by atoms with E-state index in [0.717, 1.165) is 22.4 Å². The summed E-state index contributed by atoms with van der Waals surface area (Å²) >= 11 is 0. The summed E-state index contributed by atoms with van der Waals surface area (Å²) in [5.74, 6) is 1.71. The Hall–Kier alpha value is -3.04. The minimum atomic E-state index is -0.859. The summed E-state index contributed by atoms with van der Waals surface area (Å²) in [7, 11) is 1.79. The molecule has 2 heterocycles. The third-order valence-electron chi connectivity index (χ3n) is 6.31. The SMILES string of the molecule is CN1OC2(CC(C3CCCC3)Oc3ccc(-c4cccc(C#N)c4)cc32)N=C1N. The molecule has 2 aromatic rings. The fourth-order valence-electron chi connectivity index (χ4n) is 4.81. The van der Waals surface area contributed by atoms with Gasteiger partial charge in [-0.05, 0) is 54.2 Å². The Balaban J connectivity index is 1.60. The van der Waals surface area contributed by atoms with Crippen molar-refractivity contribution in [2.75, 3.05) is 7.05 Å². The molecule has 5 rings (SSSR count). The molecule has 1 fully saturated rings. The Morgan fingerprint density at radius 3 is 2.69 bits per heavy atom. The average molecular weight is 388 g/mol. The quantitative estimate of drug-likeness (QED) is 0.843. The van der Waals surface area contributed by atoms with Crippen LogP contribution in [0, 0.1) is 17.2 Å². The molecule has 0 aromatic heterocycles. The monoisotopic (exact) mass is 388 g/mol. The molecular weight excluding hydrogens is 364 g/mol. The molecule has 148 valence electrons. The van der Waals surface area contributed by atoms with Gasteiger partial charge in [0.25, 0.3) is 0 Å². The Kier molecular flexibility index (Phi) is 4.21. The molecule has 0 radical (unpaired) electrons. The normalized spacial score (nSPS) is 26.1. The summed E-state index contributed by atoms with van der Waals surface area (Å²) in [6.45, 7) is 0. The van der Waals surface area contributed by atoms with Gasteiger partial charge in [-0.1, -0.05) is 31.0 Å². The van der Waals surface area contributed by atoms with Gasteiger partial charge in [0, 0.05) is 13.5 Å². The van der Waals surface area contributed by atoms with Crippen LogP contribution in [-0.4, -0.2) is 24.2 Å². The van der Waals surface area contributed by atoms with Crippen molar-refractivity contribution in [1.29, 1.82) is 5.26 Å². The summed E-state index contributed by atoms with van der Waals surface area (Å²) < 4.78 is 6.45. The van der Waals surface area contributed by atoms with Crippen LogP contribution in [-0.2, 0) is 10.6 Å². The number of hydrogen-bond acceptors (Lipinski definition) is 6. The number of guanidine groups is 1. The first kappa shape index (κ1) is 18.0. The molecule has 6 heteroatoms. The van der Waals surface area contributed by atoms with Crippen LogP contribution in [0.1, 0.15) is 43.2 Å². The number of nitrogens with two attached hydrogens (primary N) is 1. The minimum Gasteiger partial charge on any atom is -0.489 e. The maximum atomic E-state index is 9.23. The Morgan fingerprint density at radius 1 is 1.17 bits per heavy atom. The van der Waals surface area contributed by atoms with Crippen molar-refractivity contribution in [3.05, 3.63) is 53.6 Å². The van der Waals surface area contributed by atoms with Crippen LogP contribution in [0.5, 0.6) is 5.75 Å². The highest BCUT2D eigenvalue weighted by Crippen LogP contribution is 2.49. The second kappa shape index (κ2) is 6.78. The van der Waals surface area contributed by atoms with E-state index in [1.54, 1.807) is 18.2 Å². The molecular formula is C23H24N4O2. The van der Waals surface area contributed by atoms with Gasteiger partial charge in [-0.15, -0.1) is 0 Å². The number of ether oxygens (including phenoxy) is 1. The number of fused-ring (bicyclic) bond motifs is 2. The van der Waals surface area contributed by atoms with Crippen molar-refractivity contribution in [3.63, 3.8) is 0 Å². The van der Waals surface area contributed by atoms with Gasteiger partial charge in [-0.25, -0.2) is 14.9 Å². The molecule has 2 atom stereocenters. The van der Waals surface area contributed by atoms with Crippen LogP contribution >= 0.6 is 0 Å². The summed E-state index contributed by atoms with van der Waals surface area (Å²) in [6.07, 6.45) is 5.60. The van der Waals surface area contributed by atoms with Gasteiger partial charge in [-0.2, -0.15) is 5.26 Å². The van der Waals surface area contributed by atoms with E-state index in [-0.39, 0.29) is 6.10 Å². The van der Waals surface area contributed by atoms with E-state index in [1.165, 1.54) is 25.7 Å². The molecule has 6 nitrogen and oxygen atoms in total. The molecule has 2 aromatic carbocycles. The van der Waals surface area contributed by atoms with Gasteiger partial charge in [0.1, 0.15) is 11.9 Å². The lowest BCUT2D eigenvalue weighted by atomic mass is 9.85. The number of benzene rings is 2. The highest BCUT2D eigenvalue weighted by Gasteiger charge is 2.50. The molecule has 29 heavy (non-hydrogen) atoms. The zero-order valence-electron chi connectivity index (χ0n) is 16.5. The molecule has 0 bridgehead atoms. The van der Waals surface area contributed by atoms with Gasteiger partial charge >= 0.3 is 0 Å². The van der Waals surface area contributed by atoms with Crippen LogP contribution in [0.15, 0.2) is 47.5 Å². The van der Waals surface area contributed by atoms with Crippen molar-refractivity contribution < 1.29 is 9.57 Å². The molecule has 2 aliphatic heterocycles. The second-order valence-electron chi connectivity index (χ2n) is 8.15. The lowest BCUT2D eigenvalue weighted by molar-refractivity contribution is -0.194. The van der Waals surface area contributed by atoms with E-state index in [9.17, 15) is 5.26 Å².